The number of aryl methyl sites for hydroxylation is 1. The highest BCUT2D eigenvalue weighted by atomic mass is 35.5. The maximum absolute atomic E-state index is 9.99. The summed E-state index contributed by atoms with van der Waals surface area (Å²) in [6.45, 7) is 2.02. The number of benzene rings is 1. The molecule has 0 radical (unpaired) electrons. The monoisotopic (exact) mass is 228 g/mol. The van der Waals surface area contributed by atoms with Gasteiger partial charge < -0.3 is 0 Å². The van der Waals surface area contributed by atoms with Crippen molar-refractivity contribution in [2.45, 2.75) is 6.92 Å². The van der Waals surface area contributed by atoms with Crippen LogP contribution in [0.25, 0.3) is 0 Å². The Labute approximate surface area is 80.7 Å². The second kappa shape index (κ2) is 5.14. The van der Waals surface area contributed by atoms with Crippen LogP contribution >= 0.6 is 11.6 Å². The van der Waals surface area contributed by atoms with E-state index in [1.165, 1.54) is 5.56 Å². The van der Waals surface area contributed by atoms with E-state index in [-0.39, 0.29) is 0 Å². The fourth-order valence-electron chi connectivity index (χ4n) is 0.606. The van der Waals surface area contributed by atoms with Gasteiger partial charge in [-0.1, -0.05) is 31.5 Å². The smallest absolute Gasteiger partial charge is 0.160 e. The van der Waals surface area contributed by atoms with Crippen LogP contribution < -0.4 is 0 Å². The summed E-state index contributed by atoms with van der Waals surface area (Å²) < 4.78 is 36.6. The summed E-state index contributed by atoms with van der Waals surface area (Å²) >= 11 is 5.64. The van der Waals surface area contributed by atoms with Crippen LogP contribution in [0, 0.1) is 6.92 Å². The lowest BCUT2D eigenvalue weighted by molar-refractivity contribution is 0.501. The van der Waals surface area contributed by atoms with Gasteiger partial charge in [0.15, 0.2) is 0 Å². The molecule has 74 valence electrons. The number of hydrogen-bond acceptors (Lipinski definition) is 2. The van der Waals surface area contributed by atoms with Crippen molar-refractivity contribution < 1.29 is 16.2 Å². The van der Waals surface area contributed by atoms with Crippen molar-refractivity contribution in [3.8, 4) is 0 Å². The molecule has 1 aromatic carbocycles. The lowest BCUT2D eigenvalue weighted by Crippen LogP contribution is -1.69. The van der Waals surface area contributed by atoms with E-state index in [4.69, 9.17) is 20.0 Å². The van der Waals surface area contributed by atoms with Crippen LogP contribution in [0.2, 0.25) is 5.02 Å². The van der Waals surface area contributed by atoms with Gasteiger partial charge in [-0.2, -0.15) is 8.42 Å². The Morgan fingerprint density at radius 1 is 1.31 bits per heavy atom. The summed E-state index contributed by atoms with van der Waals surface area (Å²) in [5, 5.41) is 0.810. The van der Waals surface area contributed by atoms with E-state index < -0.39 is 10.6 Å². The summed E-state index contributed by atoms with van der Waals surface area (Å²) in [6, 6.07) is 7.76. The molecule has 0 aliphatic carbocycles. The molecule has 1 aromatic rings. The van der Waals surface area contributed by atoms with Gasteiger partial charge in [0, 0.05) is 5.02 Å². The summed E-state index contributed by atoms with van der Waals surface area (Å²) in [5.41, 5.74) is 1.21. The minimum Gasteiger partial charge on any atom is -0.160 e. The molecule has 0 atom stereocenters. The molecule has 0 aromatic heterocycles. The quantitative estimate of drug-likeness (QED) is 0.640. The highest BCUT2D eigenvalue weighted by molar-refractivity contribution is 7.81. The van der Waals surface area contributed by atoms with E-state index in [0.29, 0.717) is 0 Å². The first-order valence-corrected chi connectivity index (χ1v) is 4.81. The van der Waals surface area contributed by atoms with Crippen LogP contribution in [-0.2, 0) is 10.6 Å². The molecule has 0 aliphatic rings. The SMILES string of the molecule is Cc1cccc(Cl)c1.O=S(=O)(F)F. The minimum atomic E-state index is -5.67. The standard InChI is InChI=1S/C7H7Cl.F2O2S/c1-6-3-2-4-7(8)5-6;1-5(2,3)4/h2-5H,1H3;. The Morgan fingerprint density at radius 2 is 1.77 bits per heavy atom. The summed E-state index contributed by atoms with van der Waals surface area (Å²) in [5.74, 6) is 0. The fourth-order valence-corrected chi connectivity index (χ4v) is 0.850. The average Bonchev–Trinajstić information content (AvgIpc) is 1.81. The second-order valence-corrected chi connectivity index (χ2v) is 3.37. The number of rotatable bonds is 0. The highest BCUT2D eigenvalue weighted by Crippen LogP contribution is 2.08. The van der Waals surface area contributed by atoms with Gasteiger partial charge in [0.25, 0.3) is 0 Å². The molecule has 0 N–H and O–H groups in total. The molecule has 1 rings (SSSR count). The van der Waals surface area contributed by atoms with Gasteiger partial charge in [-0.15, -0.1) is 0 Å². The van der Waals surface area contributed by atoms with E-state index in [1.807, 2.05) is 31.2 Å². The molecule has 0 fully saturated rings. The summed E-state index contributed by atoms with van der Waals surface area (Å²) in [6.07, 6.45) is 0. The fraction of sp³-hybridized carbons (Fsp3) is 0.143. The van der Waals surface area contributed by atoms with Gasteiger partial charge in [-0.05, 0) is 24.6 Å². The van der Waals surface area contributed by atoms with E-state index in [9.17, 15) is 7.77 Å². The van der Waals surface area contributed by atoms with Crippen molar-refractivity contribution in [2.24, 2.45) is 0 Å². The van der Waals surface area contributed by atoms with Gasteiger partial charge in [0.1, 0.15) is 0 Å². The predicted molar refractivity (Wildman–Crippen MR) is 47.3 cm³/mol. The second-order valence-electron chi connectivity index (χ2n) is 2.18. The van der Waals surface area contributed by atoms with E-state index >= 15 is 0 Å². The Kier molecular flexibility index (Phi) is 4.87. The molecule has 0 bridgehead atoms. The normalized spacial score (nSPS) is 10.2. The highest BCUT2D eigenvalue weighted by Gasteiger charge is 1.94. The van der Waals surface area contributed by atoms with Gasteiger partial charge in [0.2, 0.25) is 0 Å². The van der Waals surface area contributed by atoms with Crippen LogP contribution in [0.1, 0.15) is 5.56 Å². The number of halogens is 3. The maximum Gasteiger partial charge on any atom is 0.476 e. The van der Waals surface area contributed by atoms with Gasteiger partial charge >= 0.3 is 10.6 Å². The van der Waals surface area contributed by atoms with Crippen LogP contribution in [0.4, 0.5) is 7.77 Å². The third kappa shape index (κ3) is 11.3. The van der Waals surface area contributed by atoms with Crippen LogP contribution in [0.3, 0.4) is 0 Å². The Bertz CT molecular complexity index is 339. The third-order valence-electron chi connectivity index (χ3n) is 0.980. The van der Waals surface area contributed by atoms with Gasteiger partial charge in [0.05, 0.1) is 0 Å². The Balaban J connectivity index is 0.000000252. The van der Waals surface area contributed by atoms with Crippen molar-refractivity contribution in [1.29, 1.82) is 0 Å². The Morgan fingerprint density at radius 3 is 2.00 bits per heavy atom. The molecular weight excluding hydrogens is 222 g/mol. The molecule has 13 heavy (non-hydrogen) atoms. The zero-order chi connectivity index (χ0) is 10.5. The van der Waals surface area contributed by atoms with Crippen LogP contribution in [0.15, 0.2) is 24.3 Å². The van der Waals surface area contributed by atoms with Crippen molar-refractivity contribution >= 4 is 22.2 Å². The molecule has 0 saturated carbocycles. The zero-order valence-electron chi connectivity index (χ0n) is 6.67. The maximum atomic E-state index is 9.99. The Hall–Kier alpha value is -0.680. The molecule has 0 amide bonds. The predicted octanol–water partition coefficient (Wildman–Crippen LogP) is 2.82. The van der Waals surface area contributed by atoms with Gasteiger partial charge in [-0.25, -0.2) is 0 Å². The largest absolute Gasteiger partial charge is 0.476 e. The van der Waals surface area contributed by atoms with E-state index in [1.54, 1.807) is 0 Å². The molecular formula is C7H7ClF2O2S. The zero-order valence-corrected chi connectivity index (χ0v) is 8.24. The van der Waals surface area contributed by atoms with Crippen molar-refractivity contribution in [2.75, 3.05) is 0 Å². The van der Waals surface area contributed by atoms with Crippen molar-refractivity contribution in [3.63, 3.8) is 0 Å². The molecule has 0 unspecified atom stereocenters. The minimum absolute atomic E-state index is 0.810. The molecule has 0 spiro atoms. The van der Waals surface area contributed by atoms with Crippen LogP contribution in [0.5, 0.6) is 0 Å². The van der Waals surface area contributed by atoms with Crippen molar-refractivity contribution in [1.82, 2.24) is 0 Å². The lowest BCUT2D eigenvalue weighted by Gasteiger charge is -1.88. The van der Waals surface area contributed by atoms with E-state index in [2.05, 4.69) is 0 Å². The first kappa shape index (κ1) is 12.3. The molecule has 6 heteroatoms. The average molecular weight is 229 g/mol. The van der Waals surface area contributed by atoms with Gasteiger partial charge in [-0.3, -0.25) is 0 Å². The van der Waals surface area contributed by atoms with Crippen molar-refractivity contribution in [3.05, 3.63) is 34.9 Å². The molecule has 2 nitrogen and oxygen atoms in total. The first-order valence-electron chi connectivity index (χ1n) is 3.15. The summed E-state index contributed by atoms with van der Waals surface area (Å²) in [7, 11) is -5.67. The number of hydrogen-bond donors (Lipinski definition) is 0. The molecule has 0 saturated heterocycles. The summed E-state index contributed by atoms with van der Waals surface area (Å²) in [4.78, 5) is 0. The van der Waals surface area contributed by atoms with E-state index in [0.717, 1.165) is 5.02 Å². The molecule has 0 aliphatic heterocycles. The third-order valence-corrected chi connectivity index (χ3v) is 1.22. The molecule has 0 heterocycles. The lowest BCUT2D eigenvalue weighted by atomic mass is 10.2. The van der Waals surface area contributed by atoms with Crippen LogP contribution in [-0.4, -0.2) is 8.42 Å². The topological polar surface area (TPSA) is 34.1 Å². The first-order chi connectivity index (χ1) is 5.79.